The van der Waals surface area contributed by atoms with Crippen LogP contribution in [0.25, 0.3) is 0 Å². The summed E-state index contributed by atoms with van der Waals surface area (Å²) in [5.74, 6) is 15.8. The van der Waals surface area contributed by atoms with Crippen molar-refractivity contribution in [3.05, 3.63) is 62.1 Å². The molecule has 0 saturated carbocycles. The van der Waals surface area contributed by atoms with E-state index in [4.69, 9.17) is 28.2 Å². The molecule has 3 aromatic rings. The first kappa shape index (κ1) is 91.0. The van der Waals surface area contributed by atoms with Crippen molar-refractivity contribution in [2.24, 2.45) is 0 Å². The number of nitro groups is 1. The standard InChI is InChI=1S/C15H26OSi.C11H21BrSi.C11H22Si.C9H9N3O2Te.C6H8OTe.C6H6O.5CH4/c1-13(2)17(14(3)4,15(5)6)12-10-8-7-9-11-16;1-9(2)13(8-7-12,10(3)4)11(5)6;1-8-12(9(2)3,10(4)5)11(6)7;13-12(14)9-10-4-6-11(9)5-3-8-2-1-7-15-8;7-4-3-6-2-1-5-8-6;1-2-3-4-5-6-7;;;;;/h13-16H,9,11H2,1-6H3;9-11H,1-6H3;1,9-11H,2-7H3;1-2,4,6-7H,3,5H2;1-2,5,7H,3-4H2;1,7H,5-6H2;5*1H4. The second-order valence-corrected chi connectivity index (χ2v) is 43.1. The monoisotopic (exact) mass is 1410 g/mol. The van der Waals surface area contributed by atoms with Crippen molar-refractivity contribution < 1.29 is 20.2 Å². The van der Waals surface area contributed by atoms with E-state index >= 15 is 0 Å². The molecule has 14 heteroatoms. The van der Waals surface area contributed by atoms with Gasteiger partial charge in [-0.3, -0.25) is 0 Å². The van der Waals surface area contributed by atoms with Crippen LogP contribution in [0, 0.1) is 79.9 Å². The summed E-state index contributed by atoms with van der Waals surface area (Å²) in [5.41, 5.74) is 16.4. The summed E-state index contributed by atoms with van der Waals surface area (Å²) in [6.45, 7) is 42.6. The molecule has 8 nitrogen and oxygen atoms in total. The number of hydrogen-bond acceptors (Lipinski definition) is 6. The van der Waals surface area contributed by atoms with Crippen molar-refractivity contribution in [3.63, 3.8) is 0 Å². The van der Waals surface area contributed by atoms with Crippen LogP contribution in [0.3, 0.4) is 0 Å². The number of imidazole rings is 1. The first-order valence-electron chi connectivity index (χ1n) is 25.4. The number of halogens is 1. The Labute approximate surface area is 508 Å². The maximum absolute atomic E-state index is 10.6. The van der Waals surface area contributed by atoms with E-state index in [0.29, 0.717) is 59.2 Å². The number of terminal acetylenes is 2. The van der Waals surface area contributed by atoms with Gasteiger partial charge in [-0.15, -0.1) is 29.5 Å². The Hall–Kier alpha value is -2.48. The maximum atomic E-state index is 10.6. The Morgan fingerprint density at radius 1 is 0.597 bits per heavy atom. The molecule has 0 unspecified atom stereocenters. The molecule has 3 rings (SSSR count). The van der Waals surface area contributed by atoms with Gasteiger partial charge in [-0.05, 0) is 78.4 Å². The molecule has 3 N–H and O–H groups in total. The van der Waals surface area contributed by atoms with Gasteiger partial charge in [0.15, 0.2) is 0 Å². The number of aromatic nitrogens is 2. The van der Waals surface area contributed by atoms with E-state index in [-0.39, 0.29) is 97.2 Å². The van der Waals surface area contributed by atoms with E-state index in [2.05, 4.69) is 235 Å². The van der Waals surface area contributed by atoms with Crippen molar-refractivity contribution in [2.75, 3.05) is 19.8 Å². The molecular formula is C63H112BrN3O5Si3Te2. The molecule has 0 spiro atoms. The number of rotatable bonds is 17. The molecule has 0 radical (unpaired) electrons. The first-order valence-corrected chi connectivity index (χ1v) is 37.9. The zero-order valence-electron chi connectivity index (χ0n) is 47.3. The van der Waals surface area contributed by atoms with Crippen molar-refractivity contribution in [1.29, 1.82) is 0 Å². The molecule has 0 bridgehead atoms. The molecular weight excluding hydrogens is 1300 g/mol. The van der Waals surface area contributed by atoms with Gasteiger partial charge in [-0.2, -0.15) is 0 Å². The van der Waals surface area contributed by atoms with Gasteiger partial charge in [0.05, 0.1) is 13.2 Å². The minimum absolute atomic E-state index is 0. The fraction of sp³-hybridized carbons (Fsp3) is 0.635. The van der Waals surface area contributed by atoms with E-state index in [1.54, 1.807) is 10.8 Å². The van der Waals surface area contributed by atoms with Gasteiger partial charge in [0.25, 0.3) is 0 Å². The quantitative estimate of drug-likeness (QED) is 0.0536. The first-order chi connectivity index (χ1) is 33.8. The zero-order valence-corrected chi connectivity index (χ0v) is 56.6. The van der Waals surface area contributed by atoms with Crippen LogP contribution in [0.15, 0.2) is 44.8 Å². The predicted octanol–water partition coefficient (Wildman–Crippen LogP) is 16.5. The van der Waals surface area contributed by atoms with Crippen LogP contribution in [0.5, 0.6) is 0 Å². The zero-order chi connectivity index (χ0) is 56.1. The van der Waals surface area contributed by atoms with Crippen LogP contribution in [-0.4, -0.2) is 115 Å². The van der Waals surface area contributed by atoms with E-state index < -0.39 is 29.1 Å². The normalized spacial score (nSPS) is 10.0. The Bertz CT molecular complexity index is 2160. The molecule has 0 aliphatic carbocycles. The van der Waals surface area contributed by atoms with Crippen molar-refractivity contribution >= 4 is 87.0 Å². The molecule has 77 heavy (non-hydrogen) atoms. The van der Waals surface area contributed by atoms with Gasteiger partial charge >= 0.3 is 154 Å². The van der Waals surface area contributed by atoms with E-state index in [1.807, 2.05) is 0 Å². The van der Waals surface area contributed by atoms with E-state index in [1.165, 1.54) is 13.4 Å². The Kier molecular flexibility index (Phi) is 61.1. The average Bonchev–Trinajstić information content (AvgIpc) is 4.12. The Morgan fingerprint density at radius 2 is 0.974 bits per heavy atom. The number of aliphatic hydroxyl groups excluding tert-OH is 3. The topological polar surface area (TPSA) is 122 Å². The molecule has 0 fully saturated rings. The summed E-state index contributed by atoms with van der Waals surface area (Å²) in [7, 11) is -4.52. The van der Waals surface area contributed by atoms with Gasteiger partial charge in [0.2, 0.25) is 0 Å². The Balaban J connectivity index is -0.000000125. The van der Waals surface area contributed by atoms with Crippen LogP contribution in [0.1, 0.15) is 182 Å². The van der Waals surface area contributed by atoms with Crippen molar-refractivity contribution in [1.82, 2.24) is 9.55 Å². The Morgan fingerprint density at radius 3 is 1.25 bits per heavy atom. The van der Waals surface area contributed by atoms with Crippen LogP contribution < -0.4 is 0 Å². The van der Waals surface area contributed by atoms with Crippen molar-refractivity contribution in [3.8, 4) is 69.8 Å². The predicted molar refractivity (Wildman–Crippen MR) is 358 cm³/mol. The number of aliphatic hydroxyl groups is 3. The summed E-state index contributed by atoms with van der Waals surface area (Å²) >= 11 is 3.18. The molecule has 0 aliphatic heterocycles. The number of nitrogens with zero attached hydrogens (tertiary/aromatic N) is 3. The molecule has 440 valence electrons. The molecule has 0 aromatic carbocycles. The van der Waals surface area contributed by atoms with Crippen LogP contribution in [0.4, 0.5) is 5.95 Å². The second-order valence-electron chi connectivity index (χ2n) is 20.1. The third-order valence-electron chi connectivity index (χ3n) is 13.2. The van der Waals surface area contributed by atoms with Crippen LogP contribution in [0.2, 0.25) is 49.9 Å². The van der Waals surface area contributed by atoms with Gasteiger partial charge in [-0.1, -0.05) is 174 Å². The molecule has 3 aromatic heterocycles. The van der Waals surface area contributed by atoms with Gasteiger partial charge in [0.1, 0.15) is 24.2 Å². The third-order valence-corrected chi connectivity index (χ3v) is 37.9. The molecule has 0 aliphatic rings. The van der Waals surface area contributed by atoms with Crippen molar-refractivity contribution in [2.45, 2.75) is 244 Å². The van der Waals surface area contributed by atoms with Gasteiger partial charge in [-0.25, -0.2) is 0 Å². The molecule has 0 atom stereocenters. The van der Waals surface area contributed by atoms with Gasteiger partial charge < -0.3 is 10.2 Å². The molecule has 3 heterocycles. The number of aryl methyl sites for hydroxylation is 2. The number of hydrogen-bond donors (Lipinski definition) is 3. The fourth-order valence-corrected chi connectivity index (χ4v) is 30.0. The third kappa shape index (κ3) is 33.1. The van der Waals surface area contributed by atoms with Crippen LogP contribution in [-0.2, 0) is 19.4 Å². The molecule has 0 saturated heterocycles. The SMILES string of the molecule is C.C.C.C.C.C#CC#CCCO.C#C[Si](C(C)C)(C(C)C)C(C)C.CC(C)[Si](C#CBr)(C(C)C)C(C)C.CC(C)[Si](C#CC#CCCO)(C(C)C)C(C)C.O=[N+]([O-])c1nccn1CCc1ccc[te]1.OCCc1ccc[te]1. The van der Waals surface area contributed by atoms with Gasteiger partial charge in [0, 0.05) is 28.8 Å². The van der Waals surface area contributed by atoms with E-state index in [0.717, 1.165) is 29.5 Å². The fourth-order valence-electron chi connectivity index (χ4n) is 9.82. The van der Waals surface area contributed by atoms with Crippen LogP contribution >= 0.6 is 15.9 Å². The summed E-state index contributed by atoms with van der Waals surface area (Å²) < 4.78 is 8.94. The summed E-state index contributed by atoms with van der Waals surface area (Å²) in [5, 5.41) is 35.8. The second kappa shape index (κ2) is 51.7. The summed E-state index contributed by atoms with van der Waals surface area (Å²) in [6, 6.07) is 8.40. The average molecular weight is 1410 g/mol. The summed E-state index contributed by atoms with van der Waals surface area (Å²) in [6.07, 6.45) is 16.4. The molecule has 0 amide bonds. The minimum atomic E-state index is -1.61. The summed E-state index contributed by atoms with van der Waals surface area (Å²) in [4.78, 5) is 16.8. The van der Waals surface area contributed by atoms with E-state index in [9.17, 15) is 10.1 Å².